The third-order valence-electron chi connectivity index (χ3n) is 7.88. The van der Waals surface area contributed by atoms with Crippen molar-refractivity contribution < 1.29 is 9.53 Å². The first-order valence-electron chi connectivity index (χ1n) is 12.8. The molecule has 2 aliphatic heterocycles. The van der Waals surface area contributed by atoms with Gasteiger partial charge in [0, 0.05) is 47.0 Å². The van der Waals surface area contributed by atoms with E-state index in [1.807, 2.05) is 54.6 Å². The Bertz CT molecular complexity index is 1310. The van der Waals surface area contributed by atoms with Crippen molar-refractivity contribution >= 4 is 40.7 Å². The number of amides is 1. The summed E-state index contributed by atoms with van der Waals surface area (Å²) in [5, 5.41) is 4.21. The number of rotatable bonds is 6. The number of carbonyl (C=O) groups excluding carboxylic acids is 1. The quantitative estimate of drug-likeness (QED) is 0.349. The largest absolute Gasteiger partial charge is 0.417 e. The molecule has 1 saturated heterocycles. The van der Waals surface area contributed by atoms with Crippen LogP contribution in [0.25, 0.3) is 0 Å². The third kappa shape index (κ3) is 5.05. The van der Waals surface area contributed by atoms with Crippen molar-refractivity contribution in [3.05, 3.63) is 87.4 Å². The van der Waals surface area contributed by atoms with Crippen molar-refractivity contribution in [3.8, 4) is 5.75 Å². The number of hydrogen-bond acceptors (Lipinski definition) is 4. The summed E-state index contributed by atoms with van der Waals surface area (Å²) < 4.78 is 5.70. The van der Waals surface area contributed by atoms with Gasteiger partial charge in [0.2, 0.25) is 0 Å². The van der Waals surface area contributed by atoms with Gasteiger partial charge in [-0.15, -0.1) is 0 Å². The van der Waals surface area contributed by atoms with Gasteiger partial charge in [0.25, 0.3) is 0 Å². The molecule has 2 atom stereocenters. The lowest BCUT2D eigenvalue weighted by Crippen LogP contribution is -2.47. The zero-order valence-corrected chi connectivity index (χ0v) is 23.2. The Morgan fingerprint density at radius 1 is 1.11 bits per heavy atom. The summed E-state index contributed by atoms with van der Waals surface area (Å²) in [6, 6.07) is 19.6. The zero-order chi connectivity index (χ0) is 26.3. The first kappa shape index (κ1) is 25.9. The van der Waals surface area contributed by atoms with E-state index in [0.29, 0.717) is 21.7 Å². The molecule has 0 unspecified atom stereocenters. The molecule has 5 nitrogen and oxygen atoms in total. The van der Waals surface area contributed by atoms with E-state index in [1.54, 1.807) is 0 Å². The molecule has 1 fully saturated rings. The van der Waals surface area contributed by atoms with Crippen LogP contribution in [0.4, 0.5) is 16.2 Å². The van der Waals surface area contributed by atoms with Gasteiger partial charge in [-0.05, 0) is 77.9 Å². The maximum absolute atomic E-state index is 12.6. The number of anilines is 2. The van der Waals surface area contributed by atoms with Crippen molar-refractivity contribution in [3.63, 3.8) is 0 Å². The topological polar surface area (TPSA) is 44.8 Å². The van der Waals surface area contributed by atoms with Gasteiger partial charge < -0.3 is 9.64 Å². The van der Waals surface area contributed by atoms with Gasteiger partial charge in [-0.2, -0.15) is 0 Å². The summed E-state index contributed by atoms with van der Waals surface area (Å²) in [6.45, 7) is 8.50. The normalized spacial score (nSPS) is 20.7. The summed E-state index contributed by atoms with van der Waals surface area (Å²) in [6.07, 6.45) is 1.64. The first-order valence-corrected chi connectivity index (χ1v) is 13.6. The fraction of sp³-hybridized carbons (Fsp3) is 0.367. The summed E-state index contributed by atoms with van der Waals surface area (Å²) >= 11 is 12.5. The second kappa shape index (κ2) is 10.2. The van der Waals surface area contributed by atoms with Crippen molar-refractivity contribution in [1.29, 1.82) is 0 Å². The predicted molar refractivity (Wildman–Crippen MR) is 153 cm³/mol. The number of hydrogen-bond donors (Lipinski definition) is 1. The highest BCUT2D eigenvalue weighted by Crippen LogP contribution is 2.52. The summed E-state index contributed by atoms with van der Waals surface area (Å²) in [4.78, 5) is 17.5. The molecule has 2 heterocycles. The number of likely N-dealkylation sites (tertiary alicyclic amines) is 1. The van der Waals surface area contributed by atoms with Gasteiger partial charge in [0.15, 0.2) is 0 Å². The lowest BCUT2D eigenvalue weighted by atomic mass is 9.81. The van der Waals surface area contributed by atoms with Crippen LogP contribution >= 0.6 is 23.2 Å². The maximum atomic E-state index is 12.6. The van der Waals surface area contributed by atoms with Crippen molar-refractivity contribution in [2.45, 2.75) is 51.1 Å². The smallest absolute Gasteiger partial charge is 0.410 e. The molecule has 37 heavy (non-hydrogen) atoms. The van der Waals surface area contributed by atoms with E-state index in [9.17, 15) is 4.79 Å². The van der Waals surface area contributed by atoms with Crippen LogP contribution in [-0.4, -0.2) is 37.3 Å². The number of carbonyl (C=O) groups is 1. The van der Waals surface area contributed by atoms with Gasteiger partial charge in [-0.25, -0.2) is 4.79 Å². The van der Waals surface area contributed by atoms with Crippen LogP contribution in [0.15, 0.2) is 60.7 Å². The SMILES string of the molecule is CC(C)c1ccc(NC(=O)Oc2ccc3c(c2)[C@]2(C)CCN(CCc4ccc(Cl)cc4Cl)[C@@H]2N3C)cc1. The lowest BCUT2D eigenvalue weighted by Gasteiger charge is -2.34. The number of halogens is 2. The lowest BCUT2D eigenvalue weighted by molar-refractivity contribution is 0.215. The summed E-state index contributed by atoms with van der Waals surface area (Å²) in [7, 11) is 2.15. The Hall–Kier alpha value is -2.73. The molecule has 0 bridgehead atoms. The van der Waals surface area contributed by atoms with E-state index in [1.165, 1.54) is 16.8 Å². The second-order valence-electron chi connectivity index (χ2n) is 10.6. The van der Waals surface area contributed by atoms with Crippen LogP contribution in [0.1, 0.15) is 49.8 Å². The second-order valence-corrected chi connectivity index (χ2v) is 11.5. The Morgan fingerprint density at radius 3 is 2.57 bits per heavy atom. The predicted octanol–water partition coefficient (Wildman–Crippen LogP) is 7.71. The summed E-state index contributed by atoms with van der Waals surface area (Å²) in [5.41, 5.74) is 5.40. The van der Waals surface area contributed by atoms with Crippen LogP contribution in [0.3, 0.4) is 0 Å². The number of ether oxygens (including phenoxy) is 1. The van der Waals surface area contributed by atoms with Crippen LogP contribution in [0.5, 0.6) is 5.75 Å². The molecule has 0 aromatic heterocycles. The molecule has 2 aliphatic rings. The van der Waals surface area contributed by atoms with Gasteiger partial charge >= 0.3 is 6.09 Å². The Balaban J connectivity index is 1.27. The van der Waals surface area contributed by atoms with Gasteiger partial charge in [-0.1, -0.05) is 62.2 Å². The average molecular weight is 539 g/mol. The van der Waals surface area contributed by atoms with Crippen molar-refractivity contribution in [2.75, 3.05) is 30.4 Å². The van der Waals surface area contributed by atoms with Crippen LogP contribution < -0.4 is 15.0 Å². The molecule has 7 heteroatoms. The van der Waals surface area contributed by atoms with Gasteiger partial charge in [0.05, 0.1) is 6.17 Å². The molecule has 3 aromatic carbocycles. The number of fused-ring (bicyclic) bond motifs is 3. The zero-order valence-electron chi connectivity index (χ0n) is 21.7. The van der Waals surface area contributed by atoms with Crippen LogP contribution in [0.2, 0.25) is 10.0 Å². The molecule has 0 saturated carbocycles. The monoisotopic (exact) mass is 537 g/mol. The Kier molecular flexibility index (Phi) is 7.14. The van der Waals surface area contributed by atoms with Crippen molar-refractivity contribution in [2.24, 2.45) is 0 Å². The van der Waals surface area contributed by atoms with E-state index in [4.69, 9.17) is 27.9 Å². The standard InChI is InChI=1S/C30H33Cl2N3O2/c1-19(2)20-6-9-23(10-7-20)33-29(36)37-24-11-12-27-25(18-24)30(3)14-16-35(28(30)34(27)4)15-13-21-5-8-22(31)17-26(21)32/h5-12,17-19,28H,13-16H2,1-4H3,(H,33,36)/t28-,30-/m0/s1. The average Bonchev–Trinajstić information content (AvgIpc) is 3.30. The fourth-order valence-corrected chi connectivity index (χ4v) is 6.38. The first-order chi connectivity index (χ1) is 17.7. The van der Waals surface area contributed by atoms with Crippen LogP contribution in [-0.2, 0) is 11.8 Å². The van der Waals surface area contributed by atoms with Gasteiger partial charge in [0.1, 0.15) is 5.75 Å². The molecule has 0 radical (unpaired) electrons. The van der Waals surface area contributed by atoms with E-state index < -0.39 is 6.09 Å². The van der Waals surface area contributed by atoms with E-state index in [0.717, 1.165) is 37.2 Å². The minimum Gasteiger partial charge on any atom is -0.410 e. The third-order valence-corrected chi connectivity index (χ3v) is 8.47. The molecule has 0 aliphatic carbocycles. The highest BCUT2D eigenvalue weighted by atomic mass is 35.5. The molecular weight excluding hydrogens is 505 g/mol. The maximum Gasteiger partial charge on any atom is 0.417 e. The number of likely N-dealkylation sites (N-methyl/N-ethyl adjacent to an activating group) is 1. The van der Waals surface area contributed by atoms with E-state index in [2.05, 4.69) is 49.0 Å². The Morgan fingerprint density at radius 2 is 1.86 bits per heavy atom. The summed E-state index contributed by atoms with van der Waals surface area (Å²) in [5.74, 6) is 0.995. The van der Waals surface area contributed by atoms with Gasteiger partial charge in [-0.3, -0.25) is 10.2 Å². The minimum atomic E-state index is -0.488. The van der Waals surface area contributed by atoms with E-state index in [-0.39, 0.29) is 11.6 Å². The fourth-order valence-electron chi connectivity index (χ4n) is 5.88. The molecular formula is C30H33Cl2N3O2. The van der Waals surface area contributed by atoms with Crippen LogP contribution in [0, 0.1) is 0 Å². The molecule has 0 spiro atoms. The highest BCUT2D eigenvalue weighted by Gasteiger charge is 2.53. The molecule has 1 amide bonds. The molecule has 194 valence electrons. The molecule has 1 N–H and O–H groups in total. The Labute approximate surface area is 229 Å². The number of nitrogens with zero attached hydrogens (tertiary/aromatic N) is 2. The van der Waals surface area contributed by atoms with E-state index >= 15 is 0 Å². The highest BCUT2D eigenvalue weighted by molar-refractivity contribution is 6.35. The molecule has 5 rings (SSSR count). The minimum absolute atomic E-state index is 0.0591. The van der Waals surface area contributed by atoms with Crippen molar-refractivity contribution in [1.82, 2.24) is 4.90 Å². The number of benzene rings is 3. The molecule has 3 aromatic rings. The number of nitrogens with one attached hydrogen (secondary N) is 1.